The number of aryl methyl sites for hydroxylation is 2. The number of carbonyl (C=O) groups excluding carboxylic acids is 1. The third-order valence-corrected chi connectivity index (χ3v) is 5.15. The summed E-state index contributed by atoms with van der Waals surface area (Å²) in [6.45, 7) is 4.40. The zero-order chi connectivity index (χ0) is 18.4. The van der Waals surface area contributed by atoms with Crippen LogP contribution in [-0.2, 0) is 17.1 Å². The Hall–Kier alpha value is -2.53. The van der Waals surface area contributed by atoms with E-state index in [4.69, 9.17) is 4.52 Å². The van der Waals surface area contributed by atoms with Gasteiger partial charge >= 0.3 is 0 Å². The number of thioether (sulfide) groups is 1. The van der Waals surface area contributed by atoms with Crippen molar-refractivity contribution in [2.45, 2.75) is 26.1 Å². The van der Waals surface area contributed by atoms with Crippen molar-refractivity contribution < 1.29 is 9.32 Å². The Labute approximate surface area is 158 Å². The first-order chi connectivity index (χ1) is 12.6. The van der Waals surface area contributed by atoms with E-state index in [1.165, 1.54) is 0 Å². The van der Waals surface area contributed by atoms with Crippen molar-refractivity contribution in [1.82, 2.24) is 5.16 Å². The van der Waals surface area contributed by atoms with Crippen molar-refractivity contribution in [2.75, 3.05) is 10.7 Å². The average Bonchev–Trinajstić information content (AvgIpc) is 2.99. The maximum Gasteiger partial charge on any atom is 0.237 e. The molecule has 0 bridgehead atoms. The molecule has 1 amide bonds. The highest BCUT2D eigenvalue weighted by atomic mass is 32.2. The molecule has 0 N–H and O–H groups in total. The van der Waals surface area contributed by atoms with Crippen LogP contribution in [-0.4, -0.2) is 16.8 Å². The maximum absolute atomic E-state index is 12.9. The molecule has 0 aliphatic rings. The SMILES string of the molecule is Cc1noc(C)c1CSCC(=O)N(Cc1ccccc1)c1ccccc1. The van der Waals surface area contributed by atoms with Crippen LogP contribution >= 0.6 is 11.8 Å². The van der Waals surface area contributed by atoms with Gasteiger partial charge in [0.1, 0.15) is 5.76 Å². The quantitative estimate of drug-likeness (QED) is 0.605. The van der Waals surface area contributed by atoms with Gasteiger partial charge in [-0.05, 0) is 31.5 Å². The maximum atomic E-state index is 12.9. The lowest BCUT2D eigenvalue weighted by atomic mass is 10.2. The Morgan fingerprint density at radius 1 is 1.04 bits per heavy atom. The molecule has 4 nitrogen and oxygen atoms in total. The number of anilines is 1. The van der Waals surface area contributed by atoms with E-state index in [2.05, 4.69) is 5.16 Å². The Morgan fingerprint density at radius 3 is 2.31 bits per heavy atom. The summed E-state index contributed by atoms with van der Waals surface area (Å²) >= 11 is 1.59. The number of hydrogen-bond donors (Lipinski definition) is 0. The molecule has 0 aliphatic carbocycles. The number of aromatic nitrogens is 1. The van der Waals surface area contributed by atoms with Crippen LogP contribution < -0.4 is 4.90 Å². The van der Waals surface area contributed by atoms with Gasteiger partial charge in [-0.1, -0.05) is 53.7 Å². The summed E-state index contributed by atoms with van der Waals surface area (Å²) in [7, 11) is 0. The number of para-hydroxylation sites is 1. The minimum absolute atomic E-state index is 0.0943. The molecule has 0 saturated heterocycles. The lowest BCUT2D eigenvalue weighted by molar-refractivity contribution is -0.116. The number of nitrogens with zero attached hydrogens (tertiary/aromatic N) is 2. The van der Waals surface area contributed by atoms with Crippen LogP contribution in [0.1, 0.15) is 22.6 Å². The molecule has 3 aromatic rings. The molecule has 0 radical (unpaired) electrons. The molecule has 1 aromatic heterocycles. The second-order valence-electron chi connectivity index (χ2n) is 6.10. The number of rotatable bonds is 7. The summed E-state index contributed by atoms with van der Waals surface area (Å²) in [4.78, 5) is 14.8. The van der Waals surface area contributed by atoms with Gasteiger partial charge in [-0.2, -0.15) is 0 Å². The van der Waals surface area contributed by atoms with Gasteiger partial charge < -0.3 is 9.42 Å². The van der Waals surface area contributed by atoms with Gasteiger partial charge in [-0.25, -0.2) is 0 Å². The van der Waals surface area contributed by atoms with Gasteiger partial charge in [0.15, 0.2) is 0 Å². The molecule has 3 rings (SSSR count). The largest absolute Gasteiger partial charge is 0.361 e. The molecule has 0 saturated carbocycles. The standard InChI is InChI=1S/C21H22N2O2S/c1-16-20(17(2)25-22-16)14-26-15-21(24)23(19-11-7-4-8-12-19)13-18-9-5-3-6-10-18/h3-12H,13-15H2,1-2H3. The first-order valence-electron chi connectivity index (χ1n) is 8.54. The molecule has 0 spiro atoms. The molecular formula is C21H22N2O2S. The topological polar surface area (TPSA) is 46.3 Å². The Balaban J connectivity index is 1.68. The van der Waals surface area contributed by atoms with E-state index >= 15 is 0 Å². The number of hydrogen-bond acceptors (Lipinski definition) is 4. The van der Waals surface area contributed by atoms with Gasteiger partial charge in [0, 0.05) is 17.0 Å². The van der Waals surface area contributed by atoms with E-state index in [-0.39, 0.29) is 5.91 Å². The fourth-order valence-electron chi connectivity index (χ4n) is 2.72. The predicted octanol–water partition coefficient (Wildman–Crippen LogP) is 4.76. The monoisotopic (exact) mass is 366 g/mol. The zero-order valence-electron chi connectivity index (χ0n) is 15.0. The number of benzene rings is 2. The Bertz CT molecular complexity index is 827. The van der Waals surface area contributed by atoms with Crippen LogP contribution in [0, 0.1) is 13.8 Å². The predicted molar refractivity (Wildman–Crippen MR) is 106 cm³/mol. The molecule has 134 valence electrons. The first kappa shape index (κ1) is 18.3. The van der Waals surface area contributed by atoms with Crippen molar-refractivity contribution in [1.29, 1.82) is 0 Å². The Kier molecular flexibility index (Phi) is 6.12. The minimum Gasteiger partial charge on any atom is -0.361 e. The van der Waals surface area contributed by atoms with Crippen molar-refractivity contribution in [3.8, 4) is 0 Å². The van der Waals surface area contributed by atoms with E-state index in [1.807, 2.05) is 79.4 Å². The van der Waals surface area contributed by atoms with Gasteiger partial charge in [0.25, 0.3) is 0 Å². The molecule has 0 atom stereocenters. The molecule has 2 aromatic carbocycles. The lowest BCUT2D eigenvalue weighted by Gasteiger charge is -2.23. The van der Waals surface area contributed by atoms with Gasteiger partial charge in [-0.15, -0.1) is 11.8 Å². The summed E-state index contributed by atoms with van der Waals surface area (Å²) in [5, 5.41) is 3.97. The molecule has 26 heavy (non-hydrogen) atoms. The van der Waals surface area contributed by atoms with Crippen LogP contribution in [0.5, 0.6) is 0 Å². The van der Waals surface area contributed by atoms with Crippen LogP contribution in [0.15, 0.2) is 65.2 Å². The molecule has 1 heterocycles. The van der Waals surface area contributed by atoms with Gasteiger partial charge in [0.2, 0.25) is 5.91 Å². The number of carbonyl (C=O) groups is 1. The first-order valence-corrected chi connectivity index (χ1v) is 9.69. The van der Waals surface area contributed by atoms with Crippen LogP contribution in [0.3, 0.4) is 0 Å². The molecule has 5 heteroatoms. The third kappa shape index (κ3) is 4.55. The van der Waals surface area contributed by atoms with Crippen LogP contribution in [0.2, 0.25) is 0 Å². The molecule has 0 aliphatic heterocycles. The second-order valence-corrected chi connectivity index (χ2v) is 7.08. The van der Waals surface area contributed by atoms with Crippen molar-refractivity contribution >= 4 is 23.4 Å². The zero-order valence-corrected chi connectivity index (χ0v) is 15.8. The Morgan fingerprint density at radius 2 is 1.69 bits per heavy atom. The van der Waals surface area contributed by atoms with E-state index < -0.39 is 0 Å². The number of amides is 1. The summed E-state index contributed by atoms with van der Waals surface area (Å²) in [5.74, 6) is 2.05. The molecule has 0 unspecified atom stereocenters. The van der Waals surface area contributed by atoms with E-state index in [0.29, 0.717) is 12.3 Å². The van der Waals surface area contributed by atoms with Crippen LogP contribution in [0.25, 0.3) is 0 Å². The van der Waals surface area contributed by atoms with Crippen molar-refractivity contribution in [2.24, 2.45) is 0 Å². The third-order valence-electron chi connectivity index (χ3n) is 4.21. The fraction of sp³-hybridized carbons (Fsp3) is 0.238. The van der Waals surface area contributed by atoms with Crippen LogP contribution in [0.4, 0.5) is 5.69 Å². The summed E-state index contributed by atoms with van der Waals surface area (Å²) in [5.41, 5.74) is 4.00. The normalized spacial score (nSPS) is 10.7. The fourth-order valence-corrected chi connectivity index (χ4v) is 3.77. The molecule has 0 fully saturated rings. The highest BCUT2D eigenvalue weighted by Gasteiger charge is 2.17. The smallest absolute Gasteiger partial charge is 0.237 e. The van der Waals surface area contributed by atoms with Crippen molar-refractivity contribution in [3.63, 3.8) is 0 Å². The summed E-state index contributed by atoms with van der Waals surface area (Å²) in [6.07, 6.45) is 0. The highest BCUT2D eigenvalue weighted by molar-refractivity contribution is 7.99. The van der Waals surface area contributed by atoms with Gasteiger partial charge in [0.05, 0.1) is 18.0 Å². The van der Waals surface area contributed by atoms with Gasteiger partial charge in [-0.3, -0.25) is 4.79 Å². The average molecular weight is 366 g/mol. The highest BCUT2D eigenvalue weighted by Crippen LogP contribution is 2.22. The van der Waals surface area contributed by atoms with E-state index in [9.17, 15) is 4.79 Å². The summed E-state index contributed by atoms with van der Waals surface area (Å²) < 4.78 is 5.19. The lowest BCUT2D eigenvalue weighted by Crippen LogP contribution is -2.31. The molecular weight excluding hydrogens is 344 g/mol. The minimum atomic E-state index is 0.0943. The van der Waals surface area contributed by atoms with Crippen molar-refractivity contribution in [3.05, 3.63) is 83.2 Å². The summed E-state index contributed by atoms with van der Waals surface area (Å²) in [6, 6.07) is 19.9. The van der Waals surface area contributed by atoms with E-state index in [1.54, 1.807) is 11.8 Å². The van der Waals surface area contributed by atoms with E-state index in [0.717, 1.165) is 34.0 Å². The second kappa shape index (κ2) is 8.72.